The van der Waals surface area contributed by atoms with Crippen LogP contribution in [0, 0.1) is 11.7 Å². The standard InChI is InChI=1S/C10H10ClFO/c11-8-2-1-3-9(12)10(8)7-4-6(7)5-13/h1-3,6-7,13H,4-5H2. The van der Waals surface area contributed by atoms with Crippen molar-refractivity contribution < 1.29 is 9.50 Å². The summed E-state index contributed by atoms with van der Waals surface area (Å²) in [6.45, 7) is 0.120. The maximum atomic E-state index is 13.3. The van der Waals surface area contributed by atoms with Gasteiger partial charge in [0.2, 0.25) is 0 Å². The molecule has 0 spiro atoms. The summed E-state index contributed by atoms with van der Waals surface area (Å²) >= 11 is 5.87. The van der Waals surface area contributed by atoms with Gasteiger partial charge in [0.25, 0.3) is 0 Å². The lowest BCUT2D eigenvalue weighted by atomic mass is 10.1. The molecule has 1 aromatic rings. The zero-order chi connectivity index (χ0) is 9.42. The van der Waals surface area contributed by atoms with Crippen molar-refractivity contribution in [1.82, 2.24) is 0 Å². The fourth-order valence-electron chi connectivity index (χ4n) is 1.67. The van der Waals surface area contributed by atoms with Crippen molar-refractivity contribution in [3.05, 3.63) is 34.6 Å². The van der Waals surface area contributed by atoms with E-state index in [2.05, 4.69) is 0 Å². The van der Waals surface area contributed by atoms with Crippen LogP contribution in [0.5, 0.6) is 0 Å². The van der Waals surface area contributed by atoms with Crippen LogP contribution < -0.4 is 0 Å². The fraction of sp³-hybridized carbons (Fsp3) is 0.400. The van der Waals surface area contributed by atoms with Gasteiger partial charge in [-0.3, -0.25) is 0 Å². The van der Waals surface area contributed by atoms with Gasteiger partial charge < -0.3 is 5.11 Å². The zero-order valence-corrected chi connectivity index (χ0v) is 7.76. The molecule has 2 atom stereocenters. The van der Waals surface area contributed by atoms with Gasteiger partial charge in [-0.15, -0.1) is 0 Å². The summed E-state index contributed by atoms with van der Waals surface area (Å²) < 4.78 is 13.3. The Hall–Kier alpha value is -0.600. The molecule has 0 amide bonds. The highest BCUT2D eigenvalue weighted by molar-refractivity contribution is 6.31. The zero-order valence-electron chi connectivity index (χ0n) is 7.00. The lowest BCUT2D eigenvalue weighted by Gasteiger charge is -2.03. The molecule has 2 rings (SSSR count). The van der Waals surface area contributed by atoms with Gasteiger partial charge in [-0.25, -0.2) is 4.39 Å². The Morgan fingerprint density at radius 1 is 1.54 bits per heavy atom. The molecule has 1 saturated carbocycles. The van der Waals surface area contributed by atoms with Crippen LogP contribution in [0.1, 0.15) is 17.9 Å². The number of rotatable bonds is 2. The number of halogens is 2. The van der Waals surface area contributed by atoms with Crippen molar-refractivity contribution in [2.75, 3.05) is 6.61 Å². The second-order valence-corrected chi connectivity index (χ2v) is 3.83. The van der Waals surface area contributed by atoms with E-state index in [1.807, 2.05) is 0 Å². The molecule has 3 heteroatoms. The highest BCUT2D eigenvalue weighted by Gasteiger charge is 2.40. The Morgan fingerprint density at radius 3 is 2.85 bits per heavy atom. The second-order valence-electron chi connectivity index (χ2n) is 3.42. The lowest BCUT2D eigenvalue weighted by Crippen LogP contribution is -1.93. The quantitative estimate of drug-likeness (QED) is 0.778. The van der Waals surface area contributed by atoms with Gasteiger partial charge in [-0.2, -0.15) is 0 Å². The largest absolute Gasteiger partial charge is 0.396 e. The van der Waals surface area contributed by atoms with Crippen molar-refractivity contribution in [3.8, 4) is 0 Å². The summed E-state index contributed by atoms with van der Waals surface area (Å²) in [5.41, 5.74) is 0.572. The average Bonchev–Trinajstić information content (AvgIpc) is 2.83. The molecule has 0 aromatic heterocycles. The van der Waals surface area contributed by atoms with Crippen LogP contribution in [-0.2, 0) is 0 Å². The van der Waals surface area contributed by atoms with E-state index in [0.717, 1.165) is 6.42 Å². The first-order chi connectivity index (χ1) is 6.24. The van der Waals surface area contributed by atoms with Gasteiger partial charge in [-0.05, 0) is 30.4 Å². The molecular formula is C10H10ClFO. The van der Waals surface area contributed by atoms with E-state index in [0.29, 0.717) is 10.6 Å². The predicted molar refractivity (Wildman–Crippen MR) is 49.3 cm³/mol. The maximum absolute atomic E-state index is 13.3. The minimum absolute atomic E-state index is 0.120. The van der Waals surface area contributed by atoms with Gasteiger partial charge in [0.15, 0.2) is 0 Å². The van der Waals surface area contributed by atoms with Gasteiger partial charge in [-0.1, -0.05) is 17.7 Å². The summed E-state index contributed by atoms with van der Waals surface area (Å²) in [4.78, 5) is 0. The highest BCUT2D eigenvalue weighted by atomic mass is 35.5. The first-order valence-corrected chi connectivity index (χ1v) is 4.66. The normalized spacial score (nSPS) is 26.1. The fourth-order valence-corrected chi connectivity index (χ4v) is 1.97. The van der Waals surface area contributed by atoms with Crippen LogP contribution in [0.4, 0.5) is 4.39 Å². The molecule has 1 nitrogen and oxygen atoms in total. The Bertz CT molecular complexity index is 306. The van der Waals surface area contributed by atoms with Crippen LogP contribution in [0.15, 0.2) is 18.2 Å². The predicted octanol–water partition coefficient (Wildman–Crippen LogP) is 2.57. The molecule has 0 bridgehead atoms. The number of aliphatic hydroxyl groups excluding tert-OH is 1. The molecule has 13 heavy (non-hydrogen) atoms. The molecule has 2 unspecified atom stereocenters. The first-order valence-electron chi connectivity index (χ1n) is 4.28. The van der Waals surface area contributed by atoms with Crippen molar-refractivity contribution in [1.29, 1.82) is 0 Å². The smallest absolute Gasteiger partial charge is 0.128 e. The van der Waals surface area contributed by atoms with E-state index in [9.17, 15) is 4.39 Å². The summed E-state index contributed by atoms with van der Waals surface area (Å²) in [5, 5.41) is 9.33. The average molecular weight is 201 g/mol. The van der Waals surface area contributed by atoms with Gasteiger partial charge in [0.1, 0.15) is 5.82 Å². The van der Waals surface area contributed by atoms with E-state index in [1.165, 1.54) is 6.07 Å². The Morgan fingerprint density at radius 2 is 2.31 bits per heavy atom. The highest BCUT2D eigenvalue weighted by Crippen LogP contribution is 2.49. The SMILES string of the molecule is OCC1CC1c1c(F)cccc1Cl. The van der Waals surface area contributed by atoms with Crippen LogP contribution in [0.2, 0.25) is 5.02 Å². The number of aliphatic hydroxyl groups is 1. The summed E-state index contributed by atoms with van der Waals surface area (Å²) in [7, 11) is 0. The van der Waals surface area contributed by atoms with Crippen molar-refractivity contribution >= 4 is 11.6 Å². The second kappa shape index (κ2) is 3.28. The summed E-state index contributed by atoms with van der Waals surface area (Å²) in [5.74, 6) is 0.0709. The topological polar surface area (TPSA) is 20.2 Å². The molecule has 70 valence electrons. The maximum Gasteiger partial charge on any atom is 0.128 e. The minimum Gasteiger partial charge on any atom is -0.396 e. The van der Waals surface area contributed by atoms with E-state index >= 15 is 0 Å². The van der Waals surface area contributed by atoms with Gasteiger partial charge in [0, 0.05) is 17.2 Å². The molecule has 1 aliphatic rings. The lowest BCUT2D eigenvalue weighted by molar-refractivity contribution is 0.273. The third-order valence-corrected chi connectivity index (χ3v) is 2.86. The monoisotopic (exact) mass is 200 g/mol. The van der Waals surface area contributed by atoms with E-state index in [4.69, 9.17) is 16.7 Å². The molecular weight excluding hydrogens is 191 g/mol. The molecule has 1 fully saturated rings. The number of hydrogen-bond acceptors (Lipinski definition) is 1. The Kier molecular flexibility index (Phi) is 2.26. The molecule has 0 aliphatic heterocycles. The van der Waals surface area contributed by atoms with E-state index in [-0.39, 0.29) is 24.3 Å². The third-order valence-electron chi connectivity index (χ3n) is 2.53. The minimum atomic E-state index is -0.256. The molecule has 0 radical (unpaired) electrons. The number of benzene rings is 1. The molecule has 1 aliphatic carbocycles. The van der Waals surface area contributed by atoms with Crippen molar-refractivity contribution in [2.45, 2.75) is 12.3 Å². The molecule has 0 heterocycles. The van der Waals surface area contributed by atoms with Crippen molar-refractivity contribution in [3.63, 3.8) is 0 Å². The Labute approximate surface area is 81.1 Å². The Balaban J connectivity index is 2.30. The van der Waals surface area contributed by atoms with Crippen LogP contribution in [0.3, 0.4) is 0 Å². The van der Waals surface area contributed by atoms with Gasteiger partial charge >= 0.3 is 0 Å². The van der Waals surface area contributed by atoms with E-state index < -0.39 is 0 Å². The van der Waals surface area contributed by atoms with Crippen molar-refractivity contribution in [2.24, 2.45) is 5.92 Å². The summed E-state index contributed by atoms with van der Waals surface area (Å²) in [6, 6.07) is 4.69. The summed E-state index contributed by atoms with van der Waals surface area (Å²) in [6.07, 6.45) is 0.844. The number of hydrogen-bond donors (Lipinski definition) is 1. The van der Waals surface area contributed by atoms with Crippen LogP contribution in [0.25, 0.3) is 0 Å². The molecule has 1 aromatic carbocycles. The third kappa shape index (κ3) is 1.56. The molecule has 1 N–H and O–H groups in total. The van der Waals surface area contributed by atoms with Crippen LogP contribution in [-0.4, -0.2) is 11.7 Å². The molecule has 0 saturated heterocycles. The van der Waals surface area contributed by atoms with Gasteiger partial charge in [0.05, 0.1) is 0 Å². The van der Waals surface area contributed by atoms with E-state index in [1.54, 1.807) is 12.1 Å². The first kappa shape index (κ1) is 8.97. The van der Waals surface area contributed by atoms with Crippen LogP contribution >= 0.6 is 11.6 Å².